The van der Waals surface area contributed by atoms with E-state index in [1.165, 1.54) is 19.1 Å². The largest absolute Gasteiger partial charge is 0.380 e. The van der Waals surface area contributed by atoms with E-state index in [-0.39, 0.29) is 18.4 Å². The molecule has 0 aromatic rings. The number of Topliss-reactive ketones (excluding diaryl/α,β-unsaturated/α-hetero) is 1. The van der Waals surface area contributed by atoms with Crippen LogP contribution in [-0.2, 0) is 14.4 Å². The van der Waals surface area contributed by atoms with Gasteiger partial charge in [-0.1, -0.05) is 19.9 Å². The van der Waals surface area contributed by atoms with E-state index in [1.54, 1.807) is 13.8 Å². The minimum absolute atomic E-state index is 0.00211. The fourth-order valence-electron chi connectivity index (χ4n) is 6.73. The van der Waals surface area contributed by atoms with E-state index in [4.69, 9.17) is 0 Å². The third kappa shape index (κ3) is 1.97. The van der Waals surface area contributed by atoms with Crippen molar-refractivity contribution < 1.29 is 28.3 Å². The second-order valence-electron chi connectivity index (χ2n) is 9.39. The molecule has 0 spiro atoms. The molecular weight excluding hydrogens is 386 g/mol. The fourth-order valence-corrected chi connectivity index (χ4v) is 7.20. The van der Waals surface area contributed by atoms with E-state index >= 15 is 8.78 Å². The first-order chi connectivity index (χ1) is 12.8. The van der Waals surface area contributed by atoms with Crippen LogP contribution in [0.3, 0.4) is 0 Å². The summed E-state index contributed by atoms with van der Waals surface area (Å²) in [4.78, 5) is 37.3. The summed E-state index contributed by atoms with van der Waals surface area (Å²) in [6, 6.07) is 0. The molecule has 7 heteroatoms. The maximum Gasteiger partial charge on any atom is 0.218 e. The molecule has 4 aliphatic rings. The van der Waals surface area contributed by atoms with Crippen molar-refractivity contribution in [2.75, 3.05) is 0 Å². The van der Waals surface area contributed by atoms with Crippen molar-refractivity contribution >= 4 is 29.3 Å². The van der Waals surface area contributed by atoms with Gasteiger partial charge in [-0.05, 0) is 49.3 Å². The Morgan fingerprint density at radius 2 is 1.89 bits per heavy atom. The molecule has 0 bridgehead atoms. The maximum absolute atomic E-state index is 16.7. The van der Waals surface area contributed by atoms with Crippen molar-refractivity contribution in [1.82, 2.24) is 0 Å². The third-order valence-corrected chi connectivity index (χ3v) is 8.64. The molecule has 0 aliphatic heterocycles. The molecule has 0 amide bonds. The first-order valence-corrected chi connectivity index (χ1v) is 10.1. The number of allylic oxidation sites excluding steroid dienone is 4. The lowest BCUT2D eigenvalue weighted by Gasteiger charge is -2.60. The average molecular weight is 410 g/mol. The van der Waals surface area contributed by atoms with Crippen LogP contribution < -0.4 is 0 Å². The molecule has 152 valence electrons. The van der Waals surface area contributed by atoms with Gasteiger partial charge in [0.05, 0.1) is 5.41 Å². The first-order valence-electron chi connectivity index (χ1n) is 9.61. The third-order valence-electron chi connectivity index (χ3n) is 8.30. The Bertz CT molecular complexity index is 868. The Morgan fingerprint density at radius 3 is 2.50 bits per heavy atom. The number of thiol groups is 1. The molecule has 4 nitrogen and oxygen atoms in total. The van der Waals surface area contributed by atoms with Gasteiger partial charge in [-0.15, -0.1) is 12.6 Å². The van der Waals surface area contributed by atoms with Crippen molar-refractivity contribution in [2.45, 2.75) is 57.5 Å². The lowest BCUT2D eigenvalue weighted by molar-refractivity contribution is -0.185. The van der Waals surface area contributed by atoms with Crippen molar-refractivity contribution in [3.05, 3.63) is 23.8 Å². The molecule has 28 heavy (non-hydrogen) atoms. The zero-order valence-electron chi connectivity index (χ0n) is 16.0. The number of hydrogen-bond donors (Lipinski definition) is 2. The second kappa shape index (κ2) is 5.63. The van der Waals surface area contributed by atoms with Crippen LogP contribution in [0.1, 0.15) is 40.0 Å². The number of carbonyl (C=O) groups excluding carboxylic acids is 3. The summed E-state index contributed by atoms with van der Waals surface area (Å²) in [5.41, 5.74) is -7.04. The second-order valence-corrected chi connectivity index (χ2v) is 9.80. The number of rotatable bonds is 1. The summed E-state index contributed by atoms with van der Waals surface area (Å²) in [6.07, 6.45) is 1.75. The quantitative estimate of drug-likeness (QED) is 0.652. The van der Waals surface area contributed by atoms with Crippen LogP contribution in [-0.4, -0.2) is 39.2 Å². The lowest BCUT2D eigenvalue weighted by Crippen LogP contribution is -2.68. The van der Waals surface area contributed by atoms with E-state index in [2.05, 4.69) is 12.6 Å². The lowest BCUT2D eigenvalue weighted by atomic mass is 9.45. The molecule has 3 fully saturated rings. The van der Waals surface area contributed by atoms with E-state index in [1.807, 2.05) is 0 Å². The molecule has 0 heterocycles. The summed E-state index contributed by atoms with van der Waals surface area (Å²) in [5, 5.41) is 10.5. The summed E-state index contributed by atoms with van der Waals surface area (Å²) in [5.74, 6) is -3.27. The molecule has 1 N–H and O–H groups in total. The van der Waals surface area contributed by atoms with Gasteiger partial charge < -0.3 is 5.11 Å². The molecule has 3 saturated carbocycles. The molecule has 4 aliphatic carbocycles. The highest BCUT2D eigenvalue weighted by molar-refractivity contribution is 7.96. The van der Waals surface area contributed by atoms with Crippen LogP contribution >= 0.6 is 12.6 Å². The van der Waals surface area contributed by atoms with E-state index in [0.717, 1.165) is 6.08 Å². The number of carbonyl (C=O) groups is 3. The van der Waals surface area contributed by atoms with Crippen LogP contribution in [0.25, 0.3) is 0 Å². The minimum atomic E-state index is -2.40. The summed E-state index contributed by atoms with van der Waals surface area (Å²) in [6.45, 7) is 4.77. The van der Waals surface area contributed by atoms with Gasteiger partial charge in [0.15, 0.2) is 17.2 Å². The molecule has 4 rings (SSSR count). The highest BCUT2D eigenvalue weighted by Crippen LogP contribution is 2.70. The van der Waals surface area contributed by atoms with Gasteiger partial charge in [0.1, 0.15) is 11.8 Å². The zero-order valence-corrected chi connectivity index (χ0v) is 16.9. The van der Waals surface area contributed by atoms with Crippen molar-refractivity contribution in [3.63, 3.8) is 0 Å². The number of alkyl halides is 2. The van der Waals surface area contributed by atoms with Gasteiger partial charge in [0, 0.05) is 17.8 Å². The predicted octanol–water partition coefficient (Wildman–Crippen LogP) is 2.95. The van der Waals surface area contributed by atoms with Crippen molar-refractivity contribution in [2.24, 2.45) is 28.6 Å². The first kappa shape index (κ1) is 20.0. The topological polar surface area (TPSA) is 71.4 Å². The van der Waals surface area contributed by atoms with Crippen LogP contribution in [0.2, 0.25) is 0 Å². The fraction of sp³-hybridized carbons (Fsp3) is 0.667. The summed E-state index contributed by atoms with van der Waals surface area (Å²) < 4.78 is 31.9. The van der Waals surface area contributed by atoms with Gasteiger partial charge in [0.2, 0.25) is 5.12 Å². The van der Waals surface area contributed by atoms with Crippen LogP contribution in [0.4, 0.5) is 8.78 Å². The smallest absolute Gasteiger partial charge is 0.218 e. The monoisotopic (exact) mass is 410 g/mol. The minimum Gasteiger partial charge on any atom is -0.380 e. The number of aliphatic hydroxyl groups is 1. The van der Waals surface area contributed by atoms with Crippen LogP contribution in [0, 0.1) is 28.6 Å². The number of hydrogen-bond acceptors (Lipinski definition) is 4. The number of halogens is 2. The normalized spacial score (nSPS) is 52.6. The molecular formula is C21H24F2O4S. The van der Waals surface area contributed by atoms with Crippen molar-refractivity contribution in [3.8, 4) is 0 Å². The highest BCUT2D eigenvalue weighted by atomic mass is 32.1. The zero-order chi connectivity index (χ0) is 20.9. The molecule has 0 aromatic carbocycles. The Kier molecular flexibility index (Phi) is 4.01. The number of fused-ring (bicyclic) bond motifs is 5. The number of ketones is 2. The van der Waals surface area contributed by atoms with Gasteiger partial charge in [0.25, 0.3) is 0 Å². The van der Waals surface area contributed by atoms with Crippen molar-refractivity contribution in [1.29, 1.82) is 0 Å². The molecule has 0 saturated heterocycles. The van der Waals surface area contributed by atoms with Crippen LogP contribution in [0.15, 0.2) is 23.8 Å². The van der Waals surface area contributed by atoms with E-state index in [0.29, 0.717) is 6.42 Å². The van der Waals surface area contributed by atoms with E-state index in [9.17, 15) is 19.5 Å². The summed E-state index contributed by atoms with van der Waals surface area (Å²) >= 11 is 3.87. The van der Waals surface area contributed by atoms with Gasteiger partial charge in [-0.2, -0.15) is 0 Å². The average Bonchev–Trinajstić information content (AvgIpc) is 2.81. The maximum atomic E-state index is 16.7. The van der Waals surface area contributed by atoms with Crippen LogP contribution in [0.5, 0.6) is 0 Å². The Hall–Kier alpha value is -1.34. The summed E-state index contributed by atoms with van der Waals surface area (Å²) in [7, 11) is 0. The predicted molar refractivity (Wildman–Crippen MR) is 101 cm³/mol. The Labute approximate surface area is 167 Å². The van der Waals surface area contributed by atoms with Gasteiger partial charge in [-0.25, -0.2) is 8.78 Å². The molecule has 0 radical (unpaired) electrons. The Morgan fingerprint density at radius 1 is 1.25 bits per heavy atom. The molecule has 0 aromatic heterocycles. The Balaban J connectivity index is 1.90. The highest BCUT2D eigenvalue weighted by Gasteiger charge is 2.76. The standard InChI is InChI=1S/C21H24F2O4S/c1-10-6-12-13-8-15(22)14-7-11(24)4-5-18(14,2)20(13,23)16(25)9-19(12,3)21(10,27)17(26)28/h4-5,7,10,12-13,15,27H,6,8-9H2,1-3H3,(H,26,28)/t10-,12+,13+,15+,18+,19+,20+,21+/m1/s1. The van der Waals surface area contributed by atoms with Gasteiger partial charge in [-0.3, -0.25) is 14.4 Å². The molecule has 0 unspecified atom stereocenters. The van der Waals surface area contributed by atoms with Gasteiger partial charge >= 0.3 is 0 Å². The van der Waals surface area contributed by atoms with E-state index < -0.39 is 62.7 Å². The SMILES string of the molecule is C[C@@H]1C[C@H]2[C@@H]3C[C@H](F)C4=CC(=O)C=C[C@]4(C)[C@@]3(F)C(=O)C[C@]2(C)[C@@]1(O)C(=O)S. The molecule has 8 atom stereocenters.